The first-order valence-corrected chi connectivity index (χ1v) is 10.1. The molecule has 1 fully saturated rings. The van der Waals surface area contributed by atoms with Crippen LogP contribution in [0.2, 0.25) is 0 Å². The molecule has 0 aliphatic heterocycles. The van der Waals surface area contributed by atoms with Gasteiger partial charge in [-0.2, -0.15) is 0 Å². The lowest BCUT2D eigenvalue weighted by Crippen LogP contribution is -2.17. The SMILES string of the molecule is C1CCCC1.CC(C)c1nnco1.CNC(=O)c1ccc(-c2ccncc2)cc1. The number of carbonyl (C=O) groups is 1. The molecule has 6 nitrogen and oxygen atoms in total. The molecular weight excluding hydrogens is 364 g/mol. The number of rotatable bonds is 3. The zero-order chi connectivity index (χ0) is 20.9. The molecule has 1 aliphatic carbocycles. The number of amides is 1. The van der Waals surface area contributed by atoms with Crippen LogP contribution in [0.5, 0.6) is 0 Å². The summed E-state index contributed by atoms with van der Waals surface area (Å²) in [5.41, 5.74) is 2.84. The Labute approximate surface area is 172 Å². The maximum atomic E-state index is 11.3. The second-order valence-electron chi connectivity index (χ2n) is 7.09. The molecule has 4 rings (SSSR count). The third kappa shape index (κ3) is 7.86. The zero-order valence-corrected chi connectivity index (χ0v) is 17.5. The van der Waals surface area contributed by atoms with Crippen LogP contribution < -0.4 is 5.32 Å². The molecule has 0 spiro atoms. The lowest BCUT2D eigenvalue weighted by molar-refractivity contribution is 0.0963. The normalized spacial score (nSPS) is 12.4. The van der Waals surface area contributed by atoms with Crippen molar-refractivity contribution in [2.45, 2.75) is 51.9 Å². The number of nitrogens with one attached hydrogen (secondary N) is 1. The standard InChI is InChI=1S/C13H12N2O.C5H8N2O.C5H10/c1-14-13(16)12-4-2-10(3-5-12)11-6-8-15-9-7-11;1-4(2)5-7-6-3-8-5;1-2-4-5-3-1/h2-9H,1H3,(H,14,16);3-4H,1-2H3;1-5H2. The lowest BCUT2D eigenvalue weighted by Gasteiger charge is -2.03. The molecule has 0 bridgehead atoms. The summed E-state index contributed by atoms with van der Waals surface area (Å²) in [5, 5.41) is 9.82. The van der Waals surface area contributed by atoms with Crippen molar-refractivity contribution in [3.05, 3.63) is 66.6 Å². The van der Waals surface area contributed by atoms with E-state index in [1.165, 1.54) is 38.5 Å². The van der Waals surface area contributed by atoms with Gasteiger partial charge in [-0.3, -0.25) is 9.78 Å². The number of carbonyl (C=O) groups excluding carboxylic acids is 1. The van der Waals surface area contributed by atoms with Gasteiger partial charge in [-0.15, -0.1) is 10.2 Å². The predicted molar refractivity (Wildman–Crippen MR) is 115 cm³/mol. The van der Waals surface area contributed by atoms with Crippen LogP contribution in [-0.4, -0.2) is 28.1 Å². The summed E-state index contributed by atoms with van der Waals surface area (Å²) in [6.07, 6.45) is 12.3. The van der Waals surface area contributed by atoms with Crippen molar-refractivity contribution in [1.29, 1.82) is 0 Å². The molecule has 2 heterocycles. The van der Waals surface area contributed by atoms with Crippen LogP contribution >= 0.6 is 0 Å². The van der Waals surface area contributed by atoms with E-state index in [0.29, 0.717) is 17.4 Å². The Morgan fingerprint density at radius 1 is 0.931 bits per heavy atom. The molecule has 1 N–H and O–H groups in total. The Hall–Kier alpha value is -3.02. The van der Waals surface area contributed by atoms with Gasteiger partial charge in [0.1, 0.15) is 0 Å². The third-order valence-corrected chi connectivity index (χ3v) is 4.51. The molecule has 3 aromatic rings. The average Bonchev–Trinajstić information content (AvgIpc) is 3.51. The fraction of sp³-hybridized carbons (Fsp3) is 0.391. The molecular formula is C23H30N4O2. The first-order chi connectivity index (χ1) is 14.1. The number of nitrogens with zero attached hydrogens (tertiary/aromatic N) is 3. The van der Waals surface area contributed by atoms with Crippen LogP contribution in [0.15, 0.2) is 59.6 Å². The van der Waals surface area contributed by atoms with Crippen molar-refractivity contribution >= 4 is 5.91 Å². The molecule has 1 aliphatic rings. The smallest absolute Gasteiger partial charge is 0.251 e. The highest BCUT2D eigenvalue weighted by Crippen LogP contribution is 2.18. The molecule has 2 aromatic heterocycles. The largest absolute Gasteiger partial charge is 0.428 e. The van der Waals surface area contributed by atoms with Gasteiger partial charge >= 0.3 is 0 Å². The van der Waals surface area contributed by atoms with Crippen molar-refractivity contribution in [2.24, 2.45) is 0 Å². The molecule has 0 radical (unpaired) electrons. The van der Waals surface area contributed by atoms with Crippen molar-refractivity contribution in [3.63, 3.8) is 0 Å². The highest BCUT2D eigenvalue weighted by molar-refractivity contribution is 5.94. The maximum Gasteiger partial charge on any atom is 0.251 e. The van der Waals surface area contributed by atoms with Crippen molar-refractivity contribution in [2.75, 3.05) is 7.05 Å². The molecule has 0 unspecified atom stereocenters. The van der Waals surface area contributed by atoms with Crippen molar-refractivity contribution in [3.8, 4) is 11.1 Å². The number of hydrogen-bond donors (Lipinski definition) is 1. The van der Waals surface area contributed by atoms with E-state index in [1.807, 2.05) is 50.2 Å². The topological polar surface area (TPSA) is 80.9 Å². The van der Waals surface area contributed by atoms with E-state index in [2.05, 4.69) is 20.5 Å². The van der Waals surface area contributed by atoms with E-state index in [4.69, 9.17) is 4.42 Å². The number of aromatic nitrogens is 3. The van der Waals surface area contributed by atoms with E-state index >= 15 is 0 Å². The van der Waals surface area contributed by atoms with Gasteiger partial charge in [0.2, 0.25) is 12.3 Å². The Balaban J connectivity index is 0.000000190. The first kappa shape index (κ1) is 22.3. The summed E-state index contributed by atoms with van der Waals surface area (Å²) in [6, 6.07) is 11.4. The minimum absolute atomic E-state index is 0.0683. The first-order valence-electron chi connectivity index (χ1n) is 10.1. The van der Waals surface area contributed by atoms with Crippen molar-refractivity contribution in [1.82, 2.24) is 20.5 Å². The molecule has 1 saturated carbocycles. The molecule has 1 aromatic carbocycles. The van der Waals surface area contributed by atoms with Crippen LogP contribution in [0.4, 0.5) is 0 Å². The maximum absolute atomic E-state index is 11.3. The monoisotopic (exact) mass is 394 g/mol. The Bertz CT molecular complexity index is 804. The summed E-state index contributed by atoms with van der Waals surface area (Å²) in [7, 11) is 1.62. The van der Waals surface area contributed by atoms with Crippen molar-refractivity contribution < 1.29 is 9.21 Å². The van der Waals surface area contributed by atoms with Crippen LogP contribution in [0, 0.1) is 0 Å². The van der Waals surface area contributed by atoms with Gasteiger partial charge in [0.15, 0.2) is 0 Å². The minimum atomic E-state index is -0.0683. The van der Waals surface area contributed by atoms with Gasteiger partial charge in [-0.1, -0.05) is 58.1 Å². The molecule has 0 saturated heterocycles. The summed E-state index contributed by atoms with van der Waals surface area (Å²) < 4.78 is 4.87. The Kier molecular flexibility index (Phi) is 9.55. The van der Waals surface area contributed by atoms with E-state index < -0.39 is 0 Å². The summed E-state index contributed by atoms with van der Waals surface area (Å²) >= 11 is 0. The van der Waals surface area contributed by atoms with E-state index in [0.717, 1.165) is 11.1 Å². The van der Waals surface area contributed by atoms with Crippen LogP contribution in [-0.2, 0) is 0 Å². The molecule has 29 heavy (non-hydrogen) atoms. The van der Waals surface area contributed by atoms with Gasteiger partial charge in [0, 0.05) is 30.9 Å². The quantitative estimate of drug-likeness (QED) is 0.656. The summed E-state index contributed by atoms with van der Waals surface area (Å²) in [4.78, 5) is 15.3. The fourth-order valence-corrected chi connectivity index (χ4v) is 2.82. The fourth-order valence-electron chi connectivity index (χ4n) is 2.82. The number of pyridine rings is 1. The van der Waals surface area contributed by atoms with Gasteiger partial charge in [0.05, 0.1) is 0 Å². The van der Waals surface area contributed by atoms with E-state index in [9.17, 15) is 4.79 Å². The molecule has 0 atom stereocenters. The minimum Gasteiger partial charge on any atom is -0.428 e. The van der Waals surface area contributed by atoms with Gasteiger partial charge < -0.3 is 9.73 Å². The van der Waals surface area contributed by atoms with E-state index in [-0.39, 0.29) is 5.91 Å². The van der Waals surface area contributed by atoms with Gasteiger partial charge in [-0.25, -0.2) is 0 Å². The Morgan fingerprint density at radius 3 is 1.90 bits per heavy atom. The third-order valence-electron chi connectivity index (χ3n) is 4.51. The summed E-state index contributed by atoms with van der Waals surface area (Å²) in [5.74, 6) is 0.976. The Morgan fingerprint density at radius 2 is 1.48 bits per heavy atom. The second kappa shape index (κ2) is 12.4. The number of hydrogen-bond acceptors (Lipinski definition) is 5. The predicted octanol–water partition coefficient (Wildman–Crippen LogP) is 5.25. The van der Waals surface area contributed by atoms with Gasteiger partial charge in [0.25, 0.3) is 5.91 Å². The van der Waals surface area contributed by atoms with Crippen LogP contribution in [0.3, 0.4) is 0 Å². The lowest BCUT2D eigenvalue weighted by atomic mass is 10.1. The molecule has 6 heteroatoms. The van der Waals surface area contributed by atoms with E-state index in [1.54, 1.807) is 19.4 Å². The zero-order valence-electron chi connectivity index (χ0n) is 17.5. The molecule has 1 amide bonds. The highest BCUT2D eigenvalue weighted by Gasteiger charge is 2.03. The molecule has 154 valence electrons. The second-order valence-corrected chi connectivity index (χ2v) is 7.09. The highest BCUT2D eigenvalue weighted by atomic mass is 16.4. The van der Waals surface area contributed by atoms with Gasteiger partial charge in [-0.05, 0) is 35.4 Å². The average molecular weight is 395 g/mol. The van der Waals surface area contributed by atoms with Crippen LogP contribution in [0.25, 0.3) is 11.1 Å². The van der Waals surface area contributed by atoms with Crippen LogP contribution in [0.1, 0.15) is 68.1 Å². The number of benzene rings is 1. The summed E-state index contributed by atoms with van der Waals surface area (Å²) in [6.45, 7) is 4.01.